The molecule has 1 amide bonds. The first-order valence-electron chi connectivity index (χ1n) is 10.1. The van der Waals surface area contributed by atoms with Gasteiger partial charge in [-0.15, -0.1) is 0 Å². The number of amides is 1. The first kappa shape index (κ1) is 18.5. The van der Waals surface area contributed by atoms with Gasteiger partial charge in [0.15, 0.2) is 5.96 Å². The van der Waals surface area contributed by atoms with Crippen molar-refractivity contribution in [2.24, 2.45) is 4.99 Å². The van der Waals surface area contributed by atoms with E-state index >= 15 is 0 Å². The lowest BCUT2D eigenvalue weighted by Crippen LogP contribution is -2.40. The summed E-state index contributed by atoms with van der Waals surface area (Å²) in [7, 11) is 1.76. The molecule has 0 radical (unpaired) electrons. The SMILES string of the molecule is CN=C(NCc1ccn(C2CCCC2)n1)NCC1CC(=O)Nc2ccccc21. The van der Waals surface area contributed by atoms with Crippen LogP contribution < -0.4 is 16.0 Å². The quantitative estimate of drug-likeness (QED) is 0.550. The Morgan fingerprint density at radius 2 is 2.07 bits per heavy atom. The Balaban J connectivity index is 1.31. The predicted molar refractivity (Wildman–Crippen MR) is 110 cm³/mol. The second-order valence-corrected chi connectivity index (χ2v) is 7.57. The van der Waals surface area contributed by atoms with E-state index in [9.17, 15) is 4.79 Å². The number of para-hydroxylation sites is 1. The van der Waals surface area contributed by atoms with Crippen molar-refractivity contribution < 1.29 is 4.79 Å². The van der Waals surface area contributed by atoms with Crippen LogP contribution in [0.1, 0.15) is 55.3 Å². The molecular formula is C21H28N6O. The van der Waals surface area contributed by atoms with E-state index in [4.69, 9.17) is 5.10 Å². The Bertz CT molecular complexity index is 852. The lowest BCUT2D eigenvalue weighted by Gasteiger charge is -2.26. The van der Waals surface area contributed by atoms with Crippen LogP contribution in [-0.2, 0) is 11.3 Å². The molecule has 0 saturated heterocycles. The van der Waals surface area contributed by atoms with Crippen molar-refractivity contribution in [2.45, 2.75) is 50.6 Å². The number of aliphatic imine (C=N–C) groups is 1. The molecule has 28 heavy (non-hydrogen) atoms. The number of benzene rings is 1. The zero-order valence-corrected chi connectivity index (χ0v) is 16.3. The number of hydrogen-bond donors (Lipinski definition) is 3. The normalized spacial score (nSPS) is 20.0. The predicted octanol–water partition coefficient (Wildman–Crippen LogP) is 2.79. The fourth-order valence-electron chi connectivity index (χ4n) is 4.14. The summed E-state index contributed by atoms with van der Waals surface area (Å²) in [5.74, 6) is 0.912. The minimum atomic E-state index is 0.0610. The highest BCUT2D eigenvalue weighted by atomic mass is 16.1. The van der Waals surface area contributed by atoms with E-state index in [0.29, 0.717) is 25.6 Å². The van der Waals surface area contributed by atoms with Crippen molar-refractivity contribution in [3.05, 3.63) is 47.8 Å². The summed E-state index contributed by atoms with van der Waals surface area (Å²) in [6.07, 6.45) is 7.63. The number of fused-ring (bicyclic) bond motifs is 1. The molecule has 1 aromatic carbocycles. The lowest BCUT2D eigenvalue weighted by atomic mass is 9.90. The summed E-state index contributed by atoms with van der Waals surface area (Å²) in [6.45, 7) is 1.28. The van der Waals surface area contributed by atoms with Crippen LogP contribution in [0.4, 0.5) is 5.69 Å². The van der Waals surface area contributed by atoms with Crippen molar-refractivity contribution in [1.82, 2.24) is 20.4 Å². The highest BCUT2D eigenvalue weighted by Crippen LogP contribution is 2.31. The zero-order chi connectivity index (χ0) is 19.3. The summed E-state index contributed by atoms with van der Waals surface area (Å²) in [6, 6.07) is 10.6. The van der Waals surface area contributed by atoms with Gasteiger partial charge < -0.3 is 16.0 Å². The lowest BCUT2D eigenvalue weighted by molar-refractivity contribution is -0.116. The van der Waals surface area contributed by atoms with Gasteiger partial charge in [0.2, 0.25) is 5.91 Å². The molecule has 1 saturated carbocycles. The number of rotatable bonds is 5. The second-order valence-electron chi connectivity index (χ2n) is 7.57. The van der Waals surface area contributed by atoms with E-state index < -0.39 is 0 Å². The van der Waals surface area contributed by atoms with Gasteiger partial charge in [-0.1, -0.05) is 31.0 Å². The van der Waals surface area contributed by atoms with Gasteiger partial charge in [-0.2, -0.15) is 5.10 Å². The van der Waals surface area contributed by atoms with Gasteiger partial charge in [0.25, 0.3) is 0 Å². The fraction of sp³-hybridized carbons (Fsp3) is 0.476. The van der Waals surface area contributed by atoms with Crippen molar-refractivity contribution in [2.75, 3.05) is 18.9 Å². The van der Waals surface area contributed by atoms with E-state index in [0.717, 1.165) is 17.3 Å². The average molecular weight is 380 g/mol. The van der Waals surface area contributed by atoms with Crippen molar-refractivity contribution in [3.63, 3.8) is 0 Å². The molecule has 2 aliphatic rings. The third kappa shape index (κ3) is 4.18. The maximum absolute atomic E-state index is 12.0. The van der Waals surface area contributed by atoms with Gasteiger partial charge in [0, 0.05) is 37.8 Å². The molecule has 4 rings (SSSR count). The second kappa shape index (κ2) is 8.46. The third-order valence-corrected chi connectivity index (χ3v) is 5.65. The highest BCUT2D eigenvalue weighted by molar-refractivity contribution is 5.94. The fourth-order valence-corrected chi connectivity index (χ4v) is 4.14. The van der Waals surface area contributed by atoms with E-state index in [1.165, 1.54) is 31.2 Å². The Hall–Kier alpha value is -2.83. The molecular weight excluding hydrogens is 352 g/mol. The van der Waals surface area contributed by atoms with Gasteiger partial charge in [0.05, 0.1) is 18.3 Å². The monoisotopic (exact) mass is 380 g/mol. The van der Waals surface area contributed by atoms with Crippen molar-refractivity contribution in [1.29, 1.82) is 0 Å². The highest BCUT2D eigenvalue weighted by Gasteiger charge is 2.24. The standard InChI is InChI=1S/C21H28N6O/c1-22-21(24-14-16-10-11-27(26-16)17-6-2-3-7-17)23-13-15-12-20(28)25-19-9-5-4-8-18(15)19/h4-5,8-11,15,17H,2-3,6-7,12-14H2,1H3,(H,25,28)(H2,22,23,24). The average Bonchev–Trinajstić information content (AvgIpc) is 3.39. The van der Waals surface area contributed by atoms with Crippen LogP contribution in [0, 0.1) is 0 Å². The summed E-state index contributed by atoms with van der Waals surface area (Å²) in [4.78, 5) is 16.3. The maximum Gasteiger partial charge on any atom is 0.225 e. The van der Waals surface area contributed by atoms with Crippen LogP contribution >= 0.6 is 0 Å². The molecule has 1 aromatic heterocycles. The number of nitrogens with one attached hydrogen (secondary N) is 3. The minimum Gasteiger partial charge on any atom is -0.356 e. The van der Waals surface area contributed by atoms with E-state index in [2.05, 4.69) is 44.0 Å². The Morgan fingerprint density at radius 1 is 1.25 bits per heavy atom. The van der Waals surface area contributed by atoms with Gasteiger partial charge in [-0.05, 0) is 30.5 Å². The number of guanidine groups is 1. The molecule has 3 N–H and O–H groups in total. The van der Waals surface area contributed by atoms with Gasteiger partial charge in [0.1, 0.15) is 0 Å². The van der Waals surface area contributed by atoms with Crippen LogP contribution in [0.2, 0.25) is 0 Å². The topological polar surface area (TPSA) is 83.3 Å². The first-order chi connectivity index (χ1) is 13.7. The van der Waals surface area contributed by atoms with Crippen molar-refractivity contribution in [3.8, 4) is 0 Å². The Morgan fingerprint density at radius 3 is 2.89 bits per heavy atom. The number of hydrogen-bond acceptors (Lipinski definition) is 3. The smallest absolute Gasteiger partial charge is 0.225 e. The molecule has 1 atom stereocenters. The molecule has 2 heterocycles. The molecule has 1 fully saturated rings. The summed E-state index contributed by atoms with van der Waals surface area (Å²) in [5.41, 5.74) is 3.09. The molecule has 0 bridgehead atoms. The summed E-state index contributed by atoms with van der Waals surface area (Å²) < 4.78 is 2.11. The van der Waals surface area contributed by atoms with Crippen LogP contribution in [0.25, 0.3) is 0 Å². The molecule has 148 valence electrons. The molecule has 0 spiro atoms. The van der Waals surface area contributed by atoms with Crippen LogP contribution in [0.5, 0.6) is 0 Å². The molecule has 7 nitrogen and oxygen atoms in total. The summed E-state index contributed by atoms with van der Waals surface area (Å²) >= 11 is 0. The summed E-state index contributed by atoms with van der Waals surface area (Å²) in [5, 5.41) is 14.3. The number of nitrogens with zero attached hydrogens (tertiary/aromatic N) is 3. The Labute approximate surface area is 165 Å². The van der Waals surface area contributed by atoms with Crippen LogP contribution in [0.15, 0.2) is 41.5 Å². The van der Waals surface area contributed by atoms with E-state index in [-0.39, 0.29) is 11.8 Å². The van der Waals surface area contributed by atoms with Crippen molar-refractivity contribution >= 4 is 17.6 Å². The first-order valence-corrected chi connectivity index (χ1v) is 10.1. The van der Waals surface area contributed by atoms with Crippen LogP contribution in [0.3, 0.4) is 0 Å². The number of carbonyl (C=O) groups is 1. The zero-order valence-electron chi connectivity index (χ0n) is 16.3. The number of aromatic nitrogens is 2. The number of carbonyl (C=O) groups excluding carboxylic acids is 1. The number of anilines is 1. The van der Waals surface area contributed by atoms with Gasteiger partial charge in [-0.25, -0.2) is 0 Å². The van der Waals surface area contributed by atoms with Gasteiger partial charge in [-0.3, -0.25) is 14.5 Å². The maximum atomic E-state index is 12.0. The van der Waals surface area contributed by atoms with Crippen LogP contribution in [-0.4, -0.2) is 35.2 Å². The largest absolute Gasteiger partial charge is 0.356 e. The molecule has 1 aliphatic heterocycles. The third-order valence-electron chi connectivity index (χ3n) is 5.65. The van der Waals surface area contributed by atoms with E-state index in [1.807, 2.05) is 18.2 Å². The minimum absolute atomic E-state index is 0.0610. The molecule has 2 aromatic rings. The molecule has 7 heteroatoms. The molecule has 1 unspecified atom stereocenters. The van der Waals surface area contributed by atoms with Gasteiger partial charge >= 0.3 is 0 Å². The molecule has 1 aliphatic carbocycles. The Kier molecular flexibility index (Phi) is 5.60. The van der Waals surface area contributed by atoms with E-state index in [1.54, 1.807) is 7.05 Å².